The van der Waals surface area contributed by atoms with Crippen molar-refractivity contribution in [3.05, 3.63) is 21.4 Å². The van der Waals surface area contributed by atoms with Crippen LogP contribution in [-0.4, -0.2) is 24.0 Å². The van der Waals surface area contributed by atoms with Crippen LogP contribution < -0.4 is 5.43 Å². The Hall–Kier alpha value is -0.870. The highest BCUT2D eigenvalue weighted by molar-refractivity contribution is 7.14. The van der Waals surface area contributed by atoms with Crippen LogP contribution in [0.4, 0.5) is 0 Å². The second-order valence-corrected chi connectivity index (χ2v) is 4.82. The van der Waals surface area contributed by atoms with E-state index in [1.54, 1.807) is 16.3 Å². The molecule has 0 spiro atoms. The summed E-state index contributed by atoms with van der Waals surface area (Å²) in [6.45, 7) is 5.83. The lowest BCUT2D eigenvalue weighted by Gasteiger charge is -2.13. The van der Waals surface area contributed by atoms with E-state index in [9.17, 15) is 4.79 Å². The number of nitrogens with zero attached hydrogens (tertiary/aromatic N) is 1. The zero-order valence-corrected chi connectivity index (χ0v) is 9.28. The number of thiophene rings is 1. The molecule has 0 aliphatic carbocycles. The average Bonchev–Trinajstić information content (AvgIpc) is 2.76. The first kappa shape index (κ1) is 9.68. The van der Waals surface area contributed by atoms with Crippen molar-refractivity contribution in [2.24, 2.45) is 0 Å². The highest BCUT2D eigenvalue weighted by Gasteiger charge is 2.20. The number of rotatable bonds is 1. The zero-order chi connectivity index (χ0) is 10.1. The van der Waals surface area contributed by atoms with Gasteiger partial charge in [0.05, 0.1) is 4.88 Å². The minimum Gasteiger partial charge on any atom is -0.273 e. The van der Waals surface area contributed by atoms with Crippen molar-refractivity contribution in [1.29, 1.82) is 0 Å². The Balaban J connectivity index is 2.18. The lowest BCUT2D eigenvalue weighted by Crippen LogP contribution is -2.36. The van der Waals surface area contributed by atoms with E-state index in [1.165, 1.54) is 10.4 Å². The molecule has 3 nitrogen and oxygen atoms in total. The molecular formula is C10H14N2OS. The number of amides is 1. The van der Waals surface area contributed by atoms with Crippen LogP contribution >= 0.6 is 11.3 Å². The molecule has 1 saturated heterocycles. The maximum atomic E-state index is 11.9. The topological polar surface area (TPSA) is 32.3 Å². The monoisotopic (exact) mass is 210 g/mol. The van der Waals surface area contributed by atoms with Crippen LogP contribution in [0.2, 0.25) is 0 Å². The Morgan fingerprint density at radius 3 is 2.86 bits per heavy atom. The van der Waals surface area contributed by atoms with Crippen molar-refractivity contribution < 1.29 is 4.79 Å². The minimum atomic E-state index is 0.115. The normalized spacial score (nSPS) is 16.3. The van der Waals surface area contributed by atoms with Crippen molar-refractivity contribution in [1.82, 2.24) is 10.4 Å². The Labute approximate surface area is 87.7 Å². The van der Waals surface area contributed by atoms with Crippen LogP contribution in [0, 0.1) is 13.8 Å². The second kappa shape index (κ2) is 3.71. The van der Waals surface area contributed by atoms with Gasteiger partial charge in [-0.25, -0.2) is 5.43 Å². The van der Waals surface area contributed by atoms with Gasteiger partial charge in [0, 0.05) is 18.0 Å². The van der Waals surface area contributed by atoms with Crippen molar-refractivity contribution in [2.75, 3.05) is 13.1 Å². The Bertz CT molecular complexity index is 334. The summed E-state index contributed by atoms with van der Waals surface area (Å²) >= 11 is 1.58. The van der Waals surface area contributed by atoms with Crippen LogP contribution in [0.1, 0.15) is 26.5 Å². The van der Waals surface area contributed by atoms with Gasteiger partial charge in [0.1, 0.15) is 0 Å². The van der Waals surface area contributed by atoms with E-state index < -0.39 is 0 Å². The molecule has 1 amide bonds. The molecule has 1 N–H and O–H groups in total. The van der Waals surface area contributed by atoms with Crippen molar-refractivity contribution >= 4 is 17.2 Å². The third kappa shape index (κ3) is 1.67. The Morgan fingerprint density at radius 1 is 1.57 bits per heavy atom. The molecule has 0 radical (unpaired) electrons. The SMILES string of the molecule is Cc1cc(C(=O)N2CCCN2)sc1C. The first-order valence-electron chi connectivity index (χ1n) is 4.81. The van der Waals surface area contributed by atoms with E-state index >= 15 is 0 Å². The third-order valence-electron chi connectivity index (χ3n) is 2.48. The highest BCUT2D eigenvalue weighted by Crippen LogP contribution is 2.22. The number of hydrazine groups is 1. The summed E-state index contributed by atoms with van der Waals surface area (Å²) in [5, 5.41) is 1.71. The first-order chi connectivity index (χ1) is 6.68. The smallest absolute Gasteiger partial charge is 0.273 e. The molecule has 1 aliphatic rings. The first-order valence-corrected chi connectivity index (χ1v) is 5.62. The van der Waals surface area contributed by atoms with E-state index in [-0.39, 0.29) is 5.91 Å². The summed E-state index contributed by atoms with van der Waals surface area (Å²) in [5.74, 6) is 0.115. The van der Waals surface area contributed by atoms with Gasteiger partial charge in [0.15, 0.2) is 0 Å². The van der Waals surface area contributed by atoms with Crippen molar-refractivity contribution in [3.63, 3.8) is 0 Å². The summed E-state index contributed by atoms with van der Waals surface area (Å²) in [6, 6.07) is 1.97. The lowest BCUT2D eigenvalue weighted by atomic mass is 10.3. The standard InChI is InChI=1S/C10H14N2OS/c1-7-6-9(14-8(7)2)10(13)12-5-3-4-11-12/h6,11H,3-5H2,1-2H3. The fraction of sp³-hybridized carbons (Fsp3) is 0.500. The second-order valence-electron chi connectivity index (χ2n) is 3.57. The van der Waals surface area contributed by atoms with Gasteiger partial charge in [-0.2, -0.15) is 0 Å². The number of carbonyl (C=O) groups excluding carboxylic acids is 1. The average molecular weight is 210 g/mol. The summed E-state index contributed by atoms with van der Waals surface area (Å²) in [4.78, 5) is 14.0. The summed E-state index contributed by atoms with van der Waals surface area (Å²) < 4.78 is 0. The molecule has 0 bridgehead atoms. The van der Waals surface area contributed by atoms with Crippen LogP contribution in [0.3, 0.4) is 0 Å². The molecule has 2 heterocycles. The van der Waals surface area contributed by atoms with Crippen LogP contribution in [0.5, 0.6) is 0 Å². The zero-order valence-electron chi connectivity index (χ0n) is 8.46. The van der Waals surface area contributed by atoms with E-state index in [1.807, 2.05) is 19.9 Å². The maximum absolute atomic E-state index is 11.9. The van der Waals surface area contributed by atoms with Gasteiger partial charge in [0.25, 0.3) is 5.91 Å². The molecule has 2 rings (SSSR count). The summed E-state index contributed by atoms with van der Waals surface area (Å²) in [7, 11) is 0. The quantitative estimate of drug-likeness (QED) is 0.765. The van der Waals surface area contributed by atoms with Gasteiger partial charge in [0.2, 0.25) is 0 Å². The molecule has 0 aromatic carbocycles. The van der Waals surface area contributed by atoms with Gasteiger partial charge in [-0.05, 0) is 31.9 Å². The van der Waals surface area contributed by atoms with Crippen LogP contribution in [0.25, 0.3) is 0 Å². The molecule has 4 heteroatoms. The fourth-order valence-electron chi connectivity index (χ4n) is 1.52. The lowest BCUT2D eigenvalue weighted by molar-refractivity contribution is 0.0731. The van der Waals surface area contributed by atoms with Gasteiger partial charge in [-0.1, -0.05) is 0 Å². The predicted molar refractivity (Wildman–Crippen MR) is 57.4 cm³/mol. The predicted octanol–water partition coefficient (Wildman–Crippen LogP) is 1.72. The van der Waals surface area contributed by atoms with Gasteiger partial charge >= 0.3 is 0 Å². The van der Waals surface area contributed by atoms with E-state index in [4.69, 9.17) is 0 Å². The molecule has 1 aromatic heterocycles. The fourth-order valence-corrected chi connectivity index (χ4v) is 2.50. The van der Waals surface area contributed by atoms with Crippen LogP contribution in [0.15, 0.2) is 6.07 Å². The Morgan fingerprint density at radius 2 is 2.36 bits per heavy atom. The molecule has 0 unspecified atom stereocenters. The molecule has 76 valence electrons. The number of carbonyl (C=O) groups is 1. The third-order valence-corrected chi connectivity index (χ3v) is 3.62. The Kier molecular flexibility index (Phi) is 2.56. The summed E-state index contributed by atoms with van der Waals surface area (Å²) in [5.41, 5.74) is 4.28. The van der Waals surface area contributed by atoms with Gasteiger partial charge in [-0.15, -0.1) is 11.3 Å². The number of hydrogen-bond acceptors (Lipinski definition) is 3. The van der Waals surface area contributed by atoms with Crippen molar-refractivity contribution in [3.8, 4) is 0 Å². The summed E-state index contributed by atoms with van der Waals surface area (Å²) in [6.07, 6.45) is 1.05. The van der Waals surface area contributed by atoms with Gasteiger partial charge in [-0.3, -0.25) is 9.80 Å². The largest absolute Gasteiger partial charge is 0.278 e. The molecule has 0 atom stereocenters. The van der Waals surface area contributed by atoms with Crippen molar-refractivity contribution in [2.45, 2.75) is 20.3 Å². The molecule has 1 aliphatic heterocycles. The van der Waals surface area contributed by atoms with E-state index in [0.29, 0.717) is 0 Å². The number of aryl methyl sites for hydroxylation is 2. The molecule has 1 fully saturated rings. The molecule has 1 aromatic rings. The van der Waals surface area contributed by atoms with E-state index in [2.05, 4.69) is 5.43 Å². The van der Waals surface area contributed by atoms with Gasteiger partial charge < -0.3 is 0 Å². The molecular weight excluding hydrogens is 196 g/mol. The molecule has 14 heavy (non-hydrogen) atoms. The minimum absolute atomic E-state index is 0.115. The van der Waals surface area contributed by atoms with E-state index in [0.717, 1.165) is 24.4 Å². The number of nitrogens with one attached hydrogen (secondary N) is 1. The maximum Gasteiger partial charge on any atom is 0.278 e. The highest BCUT2D eigenvalue weighted by atomic mass is 32.1. The number of hydrogen-bond donors (Lipinski definition) is 1. The van der Waals surface area contributed by atoms with Crippen LogP contribution in [-0.2, 0) is 0 Å². The molecule has 0 saturated carbocycles.